The second kappa shape index (κ2) is 4.92. The van der Waals surface area contributed by atoms with E-state index >= 15 is 0 Å². The molecule has 0 bridgehead atoms. The second-order valence-corrected chi connectivity index (χ2v) is 5.32. The Morgan fingerprint density at radius 1 is 0.947 bits per heavy atom. The van der Waals surface area contributed by atoms with Crippen LogP contribution in [0.4, 0.5) is 0 Å². The Labute approximate surface area is 121 Å². The lowest BCUT2D eigenvalue weighted by Crippen LogP contribution is -1.95. The number of benzene rings is 2. The summed E-state index contributed by atoms with van der Waals surface area (Å²) >= 11 is 12.8. The molecule has 19 heavy (non-hydrogen) atoms. The monoisotopic (exact) mass is 290 g/mol. The van der Waals surface area contributed by atoms with Crippen molar-refractivity contribution in [1.82, 2.24) is 0 Å². The Morgan fingerprint density at radius 3 is 2.37 bits per heavy atom. The number of hydrogen-bond donors (Lipinski definition) is 0. The summed E-state index contributed by atoms with van der Waals surface area (Å²) in [5, 5.41) is 2.61. The number of aryl methyl sites for hydroxylation is 1. The molecule has 0 aliphatic heterocycles. The fourth-order valence-corrected chi connectivity index (χ4v) is 2.98. The first-order chi connectivity index (χ1) is 9.18. The van der Waals surface area contributed by atoms with Gasteiger partial charge >= 0.3 is 0 Å². The van der Waals surface area contributed by atoms with Gasteiger partial charge in [-0.1, -0.05) is 41.9 Å². The number of rotatable bonds is 2. The molecule has 0 radical (unpaired) electrons. The lowest BCUT2D eigenvalue weighted by atomic mass is 9.98. The molecule has 2 aromatic carbocycles. The predicted octanol–water partition coefficient (Wildman–Crippen LogP) is 5.72. The summed E-state index contributed by atoms with van der Waals surface area (Å²) in [5.41, 5.74) is 2.04. The highest BCUT2D eigenvalue weighted by Gasteiger charge is 2.18. The van der Waals surface area contributed by atoms with E-state index in [1.54, 1.807) is 6.26 Å². The van der Waals surface area contributed by atoms with Crippen LogP contribution in [0.2, 0.25) is 5.02 Å². The zero-order valence-electron chi connectivity index (χ0n) is 10.4. The third kappa shape index (κ3) is 2.13. The molecule has 0 N–H and O–H groups in total. The van der Waals surface area contributed by atoms with Crippen molar-refractivity contribution in [2.24, 2.45) is 0 Å². The van der Waals surface area contributed by atoms with E-state index in [0.29, 0.717) is 0 Å². The van der Waals surface area contributed by atoms with Gasteiger partial charge in [0.05, 0.1) is 11.6 Å². The molecule has 0 saturated carbocycles. The summed E-state index contributed by atoms with van der Waals surface area (Å²) in [6.07, 6.45) is 1.66. The van der Waals surface area contributed by atoms with Crippen molar-refractivity contribution >= 4 is 34.0 Å². The summed E-state index contributed by atoms with van der Waals surface area (Å²) in [6, 6.07) is 13.8. The molecule has 3 heteroatoms. The van der Waals surface area contributed by atoms with Crippen LogP contribution in [0.1, 0.15) is 22.3 Å². The zero-order chi connectivity index (χ0) is 13.4. The van der Waals surface area contributed by atoms with Crippen molar-refractivity contribution in [2.75, 3.05) is 0 Å². The average Bonchev–Trinajstić information content (AvgIpc) is 2.85. The highest BCUT2D eigenvalue weighted by Crippen LogP contribution is 2.37. The van der Waals surface area contributed by atoms with Crippen LogP contribution in [0.15, 0.2) is 53.1 Å². The molecule has 0 saturated heterocycles. The van der Waals surface area contributed by atoms with E-state index in [0.717, 1.165) is 32.7 Å². The summed E-state index contributed by atoms with van der Waals surface area (Å²) in [5.74, 6) is 0.846. The largest absolute Gasteiger partial charge is 0.469 e. The molecule has 1 nitrogen and oxygen atoms in total. The maximum atomic E-state index is 6.61. The summed E-state index contributed by atoms with van der Waals surface area (Å²) < 4.78 is 5.33. The van der Waals surface area contributed by atoms with Crippen molar-refractivity contribution in [1.29, 1.82) is 0 Å². The molecular weight excluding hydrogens is 279 g/mol. The Morgan fingerprint density at radius 2 is 1.68 bits per heavy atom. The van der Waals surface area contributed by atoms with Crippen molar-refractivity contribution in [3.63, 3.8) is 0 Å². The second-order valence-electron chi connectivity index (χ2n) is 4.48. The van der Waals surface area contributed by atoms with Crippen LogP contribution in [0.5, 0.6) is 0 Å². The number of fused-ring (bicyclic) bond motifs is 1. The van der Waals surface area contributed by atoms with Crippen LogP contribution in [0.3, 0.4) is 0 Å². The van der Waals surface area contributed by atoms with Crippen LogP contribution in [0.25, 0.3) is 10.8 Å². The minimum atomic E-state index is -0.235. The Bertz CT molecular complexity index is 730. The van der Waals surface area contributed by atoms with Crippen molar-refractivity contribution in [3.8, 4) is 0 Å². The summed E-state index contributed by atoms with van der Waals surface area (Å²) in [7, 11) is 0. The average molecular weight is 291 g/mol. The van der Waals surface area contributed by atoms with E-state index in [-0.39, 0.29) is 5.38 Å². The first kappa shape index (κ1) is 12.6. The number of halogens is 2. The Kier molecular flexibility index (Phi) is 3.26. The van der Waals surface area contributed by atoms with E-state index in [1.165, 1.54) is 0 Å². The third-order valence-electron chi connectivity index (χ3n) is 3.35. The minimum absolute atomic E-state index is 0.235. The van der Waals surface area contributed by atoms with E-state index in [2.05, 4.69) is 0 Å². The van der Waals surface area contributed by atoms with Gasteiger partial charge in [0.25, 0.3) is 0 Å². The lowest BCUT2D eigenvalue weighted by Gasteiger charge is -2.13. The molecule has 1 atom stereocenters. The third-order valence-corrected chi connectivity index (χ3v) is 4.15. The minimum Gasteiger partial charge on any atom is -0.469 e. The summed E-state index contributed by atoms with van der Waals surface area (Å²) in [6.45, 7) is 1.92. The van der Waals surface area contributed by atoms with E-state index in [4.69, 9.17) is 27.6 Å². The van der Waals surface area contributed by atoms with Gasteiger partial charge in [-0.25, -0.2) is 0 Å². The fraction of sp³-hybridized carbons (Fsp3) is 0.125. The topological polar surface area (TPSA) is 13.1 Å². The van der Waals surface area contributed by atoms with Crippen LogP contribution in [-0.2, 0) is 0 Å². The van der Waals surface area contributed by atoms with E-state index < -0.39 is 0 Å². The van der Waals surface area contributed by atoms with Gasteiger partial charge in [-0.15, -0.1) is 11.6 Å². The van der Waals surface area contributed by atoms with E-state index in [1.807, 2.05) is 49.4 Å². The standard InChI is InChI=1S/C16H12Cl2O/c1-10-11(8-9-19-10)16(18)14-6-7-15(17)13-5-3-2-4-12(13)14/h2-9,16H,1H3. The molecule has 0 spiro atoms. The number of hydrogen-bond acceptors (Lipinski definition) is 1. The van der Waals surface area contributed by atoms with Crippen molar-refractivity contribution < 1.29 is 4.42 Å². The summed E-state index contributed by atoms with van der Waals surface area (Å²) in [4.78, 5) is 0. The molecule has 1 unspecified atom stereocenters. The highest BCUT2D eigenvalue weighted by molar-refractivity contribution is 6.36. The maximum Gasteiger partial charge on any atom is 0.105 e. The van der Waals surface area contributed by atoms with E-state index in [9.17, 15) is 0 Å². The van der Waals surface area contributed by atoms with Gasteiger partial charge in [-0.2, -0.15) is 0 Å². The first-order valence-electron chi connectivity index (χ1n) is 6.03. The molecule has 3 rings (SSSR count). The van der Waals surface area contributed by atoms with Gasteiger partial charge in [-0.05, 0) is 30.0 Å². The Balaban J connectivity index is 2.21. The van der Waals surface area contributed by atoms with Gasteiger partial charge in [0, 0.05) is 16.0 Å². The molecule has 1 aromatic heterocycles. The quantitative estimate of drug-likeness (QED) is 0.550. The van der Waals surface area contributed by atoms with Gasteiger partial charge in [-0.3, -0.25) is 0 Å². The smallest absolute Gasteiger partial charge is 0.105 e. The van der Waals surface area contributed by atoms with Crippen LogP contribution >= 0.6 is 23.2 Å². The van der Waals surface area contributed by atoms with Crippen molar-refractivity contribution in [2.45, 2.75) is 12.3 Å². The molecule has 96 valence electrons. The van der Waals surface area contributed by atoms with Gasteiger partial charge in [0.2, 0.25) is 0 Å². The number of furan rings is 1. The lowest BCUT2D eigenvalue weighted by molar-refractivity contribution is 0.530. The zero-order valence-corrected chi connectivity index (χ0v) is 11.9. The van der Waals surface area contributed by atoms with Crippen molar-refractivity contribution in [3.05, 3.63) is 70.6 Å². The van der Waals surface area contributed by atoms with Crippen LogP contribution < -0.4 is 0 Å². The number of alkyl halides is 1. The molecular formula is C16H12Cl2O. The first-order valence-corrected chi connectivity index (χ1v) is 6.85. The fourth-order valence-electron chi connectivity index (χ4n) is 2.33. The van der Waals surface area contributed by atoms with Gasteiger partial charge in [0.15, 0.2) is 0 Å². The van der Waals surface area contributed by atoms with Crippen LogP contribution in [0, 0.1) is 6.92 Å². The predicted molar refractivity (Wildman–Crippen MR) is 80.1 cm³/mol. The molecule has 0 aliphatic carbocycles. The maximum absolute atomic E-state index is 6.61. The molecule has 0 aliphatic rings. The molecule has 0 amide bonds. The SMILES string of the molecule is Cc1occc1C(Cl)c1ccc(Cl)c2ccccc12. The Hall–Kier alpha value is -1.44. The molecule has 3 aromatic rings. The normalized spacial score (nSPS) is 12.8. The highest BCUT2D eigenvalue weighted by atomic mass is 35.5. The van der Waals surface area contributed by atoms with Crippen LogP contribution in [-0.4, -0.2) is 0 Å². The molecule has 0 fully saturated rings. The van der Waals surface area contributed by atoms with Gasteiger partial charge in [0.1, 0.15) is 5.76 Å². The van der Waals surface area contributed by atoms with Gasteiger partial charge < -0.3 is 4.42 Å². The molecule has 1 heterocycles.